The van der Waals surface area contributed by atoms with Crippen molar-refractivity contribution in [3.63, 3.8) is 0 Å². The quantitative estimate of drug-likeness (QED) is 0.907. The predicted molar refractivity (Wildman–Crippen MR) is 82.6 cm³/mol. The molecule has 2 aromatic heterocycles. The molecule has 4 heteroatoms. The van der Waals surface area contributed by atoms with Gasteiger partial charge in [0, 0.05) is 41.9 Å². The van der Waals surface area contributed by atoms with Crippen LogP contribution in [0.25, 0.3) is 0 Å². The van der Waals surface area contributed by atoms with Crippen molar-refractivity contribution in [3.8, 4) is 0 Å². The average molecular weight is 270 g/mol. The second kappa shape index (κ2) is 6.48. The van der Waals surface area contributed by atoms with E-state index < -0.39 is 0 Å². The molecule has 0 aromatic carbocycles. The van der Waals surface area contributed by atoms with Gasteiger partial charge in [0.05, 0.1) is 12.2 Å². The second-order valence-electron chi connectivity index (χ2n) is 4.89. The van der Waals surface area contributed by atoms with Crippen LogP contribution in [0.3, 0.4) is 0 Å². The van der Waals surface area contributed by atoms with E-state index in [-0.39, 0.29) is 0 Å². The number of hydrogen-bond donors (Lipinski definition) is 1. The van der Waals surface area contributed by atoms with E-state index in [9.17, 15) is 0 Å². The van der Waals surface area contributed by atoms with Gasteiger partial charge in [0.1, 0.15) is 0 Å². The summed E-state index contributed by atoms with van der Waals surface area (Å²) in [5.41, 5.74) is 11.3. The predicted octanol–water partition coefficient (Wildman–Crippen LogP) is 2.58. The zero-order chi connectivity index (χ0) is 14.5. The molecule has 20 heavy (non-hydrogen) atoms. The second-order valence-corrected chi connectivity index (χ2v) is 4.89. The summed E-state index contributed by atoms with van der Waals surface area (Å²) in [5.74, 6) is 0. The minimum Gasteiger partial charge on any atom is -0.366 e. The van der Waals surface area contributed by atoms with Crippen molar-refractivity contribution >= 4 is 5.69 Å². The fourth-order valence-corrected chi connectivity index (χ4v) is 2.42. The van der Waals surface area contributed by atoms with Crippen molar-refractivity contribution in [1.82, 2.24) is 9.97 Å². The fraction of sp³-hybridized carbons (Fsp3) is 0.375. The first-order valence-corrected chi connectivity index (χ1v) is 6.97. The molecular formula is C16H22N4. The Bertz CT molecular complexity index is 566. The number of aryl methyl sites for hydroxylation is 2. The van der Waals surface area contributed by atoms with E-state index in [1.807, 2.05) is 38.2 Å². The first-order valence-electron chi connectivity index (χ1n) is 6.97. The molecule has 2 N–H and O–H groups in total. The molecule has 0 bridgehead atoms. The number of aromatic nitrogens is 2. The van der Waals surface area contributed by atoms with E-state index in [0.717, 1.165) is 35.7 Å². The summed E-state index contributed by atoms with van der Waals surface area (Å²) in [7, 11) is 0. The van der Waals surface area contributed by atoms with E-state index in [1.54, 1.807) is 0 Å². The van der Waals surface area contributed by atoms with Crippen molar-refractivity contribution < 1.29 is 0 Å². The highest BCUT2D eigenvalue weighted by molar-refractivity contribution is 5.56. The van der Waals surface area contributed by atoms with Gasteiger partial charge in [-0.2, -0.15) is 0 Å². The van der Waals surface area contributed by atoms with Gasteiger partial charge < -0.3 is 10.6 Å². The number of anilines is 1. The van der Waals surface area contributed by atoms with Gasteiger partial charge in [-0.15, -0.1) is 0 Å². The van der Waals surface area contributed by atoms with E-state index in [0.29, 0.717) is 6.54 Å². The van der Waals surface area contributed by atoms with Crippen LogP contribution < -0.4 is 10.6 Å². The Kier molecular flexibility index (Phi) is 4.69. The standard InChI is InChI=1S/C16H22N4/c1-4-20(11-14-7-5-6-8-18-14)16-9-12(2)19-13(3)15(16)10-17/h5-9H,4,10-11,17H2,1-3H3. The zero-order valence-corrected chi connectivity index (χ0v) is 12.4. The number of nitrogens with two attached hydrogens (primary N) is 1. The lowest BCUT2D eigenvalue weighted by Gasteiger charge is -2.26. The van der Waals surface area contributed by atoms with Gasteiger partial charge in [-0.05, 0) is 39.0 Å². The lowest BCUT2D eigenvalue weighted by molar-refractivity contribution is 0.794. The van der Waals surface area contributed by atoms with Gasteiger partial charge in [0.25, 0.3) is 0 Å². The molecule has 0 radical (unpaired) electrons. The molecule has 0 aliphatic rings. The van der Waals surface area contributed by atoms with E-state index in [1.165, 1.54) is 5.69 Å². The van der Waals surface area contributed by atoms with Crippen molar-refractivity contribution in [1.29, 1.82) is 0 Å². The maximum absolute atomic E-state index is 5.91. The lowest BCUT2D eigenvalue weighted by atomic mass is 10.1. The lowest BCUT2D eigenvalue weighted by Crippen LogP contribution is -2.25. The topological polar surface area (TPSA) is 55.0 Å². The van der Waals surface area contributed by atoms with Gasteiger partial charge in [-0.25, -0.2) is 0 Å². The Morgan fingerprint density at radius 2 is 2.05 bits per heavy atom. The summed E-state index contributed by atoms with van der Waals surface area (Å²) in [6.45, 7) is 8.39. The van der Waals surface area contributed by atoms with Gasteiger partial charge in [-0.3, -0.25) is 9.97 Å². The summed E-state index contributed by atoms with van der Waals surface area (Å²) in [4.78, 5) is 11.2. The van der Waals surface area contributed by atoms with Gasteiger partial charge >= 0.3 is 0 Å². The maximum Gasteiger partial charge on any atom is 0.0602 e. The van der Waals surface area contributed by atoms with Crippen LogP contribution in [0.5, 0.6) is 0 Å². The number of nitrogens with zero attached hydrogens (tertiary/aromatic N) is 3. The third kappa shape index (κ3) is 3.14. The van der Waals surface area contributed by atoms with Crippen LogP contribution in [0.2, 0.25) is 0 Å². The Morgan fingerprint density at radius 3 is 2.65 bits per heavy atom. The summed E-state index contributed by atoms with van der Waals surface area (Å²) in [6, 6.07) is 8.11. The molecule has 4 nitrogen and oxygen atoms in total. The molecule has 0 amide bonds. The summed E-state index contributed by atoms with van der Waals surface area (Å²) in [6.07, 6.45) is 1.83. The van der Waals surface area contributed by atoms with E-state index in [4.69, 9.17) is 5.73 Å². The van der Waals surface area contributed by atoms with Gasteiger partial charge in [-0.1, -0.05) is 6.07 Å². The molecule has 0 unspecified atom stereocenters. The van der Waals surface area contributed by atoms with Crippen LogP contribution in [0.1, 0.15) is 29.6 Å². The van der Waals surface area contributed by atoms with Crippen molar-refractivity contribution in [2.24, 2.45) is 5.73 Å². The van der Waals surface area contributed by atoms with Crippen LogP contribution >= 0.6 is 0 Å². The molecule has 0 aliphatic heterocycles. The molecule has 0 saturated carbocycles. The average Bonchev–Trinajstić information content (AvgIpc) is 2.45. The number of rotatable bonds is 5. The zero-order valence-electron chi connectivity index (χ0n) is 12.4. The molecule has 0 fully saturated rings. The van der Waals surface area contributed by atoms with E-state index in [2.05, 4.69) is 27.9 Å². The molecular weight excluding hydrogens is 248 g/mol. The highest BCUT2D eigenvalue weighted by Gasteiger charge is 2.13. The molecule has 2 rings (SSSR count). The molecule has 0 spiro atoms. The largest absolute Gasteiger partial charge is 0.366 e. The Morgan fingerprint density at radius 1 is 1.25 bits per heavy atom. The summed E-state index contributed by atoms with van der Waals surface area (Å²) in [5, 5.41) is 0. The van der Waals surface area contributed by atoms with Crippen LogP contribution in [-0.4, -0.2) is 16.5 Å². The Hall–Kier alpha value is -1.94. The molecule has 0 atom stereocenters. The van der Waals surface area contributed by atoms with Crippen molar-refractivity contribution in [2.45, 2.75) is 33.9 Å². The molecule has 0 saturated heterocycles. The third-order valence-electron chi connectivity index (χ3n) is 3.44. The van der Waals surface area contributed by atoms with Crippen molar-refractivity contribution in [3.05, 3.63) is 53.1 Å². The van der Waals surface area contributed by atoms with Crippen LogP contribution in [0.15, 0.2) is 30.5 Å². The van der Waals surface area contributed by atoms with Crippen LogP contribution in [0, 0.1) is 13.8 Å². The molecule has 2 heterocycles. The minimum atomic E-state index is 0.507. The van der Waals surface area contributed by atoms with Crippen LogP contribution in [-0.2, 0) is 13.1 Å². The van der Waals surface area contributed by atoms with Gasteiger partial charge in [0.15, 0.2) is 0 Å². The first kappa shape index (κ1) is 14.5. The Balaban J connectivity index is 2.36. The number of hydrogen-bond acceptors (Lipinski definition) is 4. The van der Waals surface area contributed by atoms with Gasteiger partial charge in [0.2, 0.25) is 0 Å². The SMILES string of the molecule is CCN(Cc1ccccn1)c1cc(C)nc(C)c1CN. The molecule has 106 valence electrons. The van der Waals surface area contributed by atoms with Crippen LogP contribution in [0.4, 0.5) is 5.69 Å². The number of pyridine rings is 2. The molecule has 0 aliphatic carbocycles. The third-order valence-corrected chi connectivity index (χ3v) is 3.44. The highest BCUT2D eigenvalue weighted by atomic mass is 15.1. The minimum absolute atomic E-state index is 0.507. The normalized spacial score (nSPS) is 10.6. The highest BCUT2D eigenvalue weighted by Crippen LogP contribution is 2.24. The Labute approximate surface area is 120 Å². The monoisotopic (exact) mass is 270 g/mol. The smallest absolute Gasteiger partial charge is 0.0602 e. The summed E-state index contributed by atoms with van der Waals surface area (Å²) < 4.78 is 0. The summed E-state index contributed by atoms with van der Waals surface area (Å²) >= 11 is 0. The molecule has 2 aromatic rings. The van der Waals surface area contributed by atoms with Crippen molar-refractivity contribution in [2.75, 3.05) is 11.4 Å². The maximum atomic E-state index is 5.91. The van der Waals surface area contributed by atoms with E-state index >= 15 is 0 Å². The first-order chi connectivity index (χ1) is 9.65. The fourth-order valence-electron chi connectivity index (χ4n) is 2.42.